The van der Waals surface area contributed by atoms with Gasteiger partial charge in [-0.25, -0.2) is 5.43 Å². The summed E-state index contributed by atoms with van der Waals surface area (Å²) in [6.45, 7) is 0. The third kappa shape index (κ3) is 2.18. The molecule has 5 nitrogen and oxygen atoms in total. The van der Waals surface area contributed by atoms with Crippen molar-refractivity contribution in [2.24, 2.45) is 5.84 Å². The van der Waals surface area contributed by atoms with Crippen LogP contribution in [0.2, 0.25) is 0 Å². The maximum atomic E-state index is 5.62. The fourth-order valence-corrected chi connectivity index (χ4v) is 1.94. The number of nitrogens with one attached hydrogen (secondary N) is 1. The highest BCUT2D eigenvalue weighted by Gasteiger charge is 2.20. The first-order chi connectivity index (χ1) is 8.81. The maximum absolute atomic E-state index is 5.62. The minimum absolute atomic E-state index is 0.214. The summed E-state index contributed by atoms with van der Waals surface area (Å²) < 4.78 is 15.8. The van der Waals surface area contributed by atoms with E-state index in [0.717, 1.165) is 11.1 Å². The van der Waals surface area contributed by atoms with E-state index in [1.165, 1.54) is 0 Å². The number of hydrazine groups is 1. The van der Waals surface area contributed by atoms with E-state index in [9.17, 15) is 0 Å². The van der Waals surface area contributed by atoms with Crippen LogP contribution in [0.3, 0.4) is 0 Å². The van der Waals surface area contributed by atoms with Crippen LogP contribution in [0.4, 0.5) is 0 Å². The van der Waals surface area contributed by atoms with Gasteiger partial charge in [0.15, 0.2) is 11.5 Å². The average Bonchev–Trinajstić information content (AvgIpc) is 2.93. The van der Waals surface area contributed by atoms with Crippen LogP contribution in [0, 0.1) is 0 Å². The van der Waals surface area contributed by atoms with E-state index in [1.807, 2.05) is 24.3 Å². The number of para-hydroxylation sites is 1. The molecule has 1 atom stereocenters. The molecule has 2 rings (SSSR count). The Kier molecular flexibility index (Phi) is 3.86. The summed E-state index contributed by atoms with van der Waals surface area (Å²) in [5.41, 5.74) is 4.56. The van der Waals surface area contributed by atoms with Crippen molar-refractivity contribution in [3.63, 3.8) is 0 Å². The van der Waals surface area contributed by atoms with Gasteiger partial charge in [0.05, 0.1) is 32.8 Å². The zero-order valence-corrected chi connectivity index (χ0v) is 10.3. The molecule has 0 fully saturated rings. The highest BCUT2D eigenvalue weighted by atomic mass is 16.5. The smallest absolute Gasteiger partial charge is 0.165 e. The van der Waals surface area contributed by atoms with Gasteiger partial charge < -0.3 is 13.9 Å². The van der Waals surface area contributed by atoms with Crippen LogP contribution >= 0.6 is 0 Å². The van der Waals surface area contributed by atoms with Gasteiger partial charge in [-0.15, -0.1) is 0 Å². The molecule has 0 saturated carbocycles. The van der Waals surface area contributed by atoms with Gasteiger partial charge in [0.1, 0.15) is 0 Å². The van der Waals surface area contributed by atoms with E-state index >= 15 is 0 Å². The molecule has 3 N–H and O–H groups in total. The van der Waals surface area contributed by atoms with Gasteiger partial charge >= 0.3 is 0 Å². The number of methoxy groups -OCH3 is 2. The van der Waals surface area contributed by atoms with Crippen molar-refractivity contribution in [1.29, 1.82) is 0 Å². The van der Waals surface area contributed by atoms with E-state index in [4.69, 9.17) is 19.7 Å². The monoisotopic (exact) mass is 248 g/mol. The molecule has 1 heterocycles. The molecular formula is C13H16N2O3. The fourth-order valence-electron chi connectivity index (χ4n) is 1.94. The third-order valence-corrected chi connectivity index (χ3v) is 2.79. The summed E-state index contributed by atoms with van der Waals surface area (Å²) in [5, 5.41) is 0. The summed E-state index contributed by atoms with van der Waals surface area (Å²) in [5.74, 6) is 6.95. The van der Waals surface area contributed by atoms with E-state index in [-0.39, 0.29) is 6.04 Å². The van der Waals surface area contributed by atoms with Crippen LogP contribution in [0.5, 0.6) is 11.5 Å². The molecule has 1 aromatic carbocycles. The summed E-state index contributed by atoms with van der Waals surface area (Å²) in [4.78, 5) is 0. The van der Waals surface area contributed by atoms with E-state index in [0.29, 0.717) is 11.5 Å². The predicted octanol–water partition coefficient (Wildman–Crippen LogP) is 1.85. The molecule has 1 aromatic heterocycles. The first-order valence-corrected chi connectivity index (χ1v) is 5.51. The van der Waals surface area contributed by atoms with Gasteiger partial charge in [0, 0.05) is 11.1 Å². The van der Waals surface area contributed by atoms with Gasteiger partial charge in [-0.3, -0.25) is 5.84 Å². The number of hydrogen-bond acceptors (Lipinski definition) is 5. The van der Waals surface area contributed by atoms with E-state index in [1.54, 1.807) is 26.7 Å². The molecule has 0 radical (unpaired) electrons. The van der Waals surface area contributed by atoms with Crippen LogP contribution in [-0.4, -0.2) is 14.2 Å². The van der Waals surface area contributed by atoms with Gasteiger partial charge in [-0.05, 0) is 12.1 Å². The third-order valence-electron chi connectivity index (χ3n) is 2.79. The number of benzene rings is 1. The lowest BCUT2D eigenvalue weighted by Gasteiger charge is -2.19. The summed E-state index contributed by atoms with van der Waals surface area (Å²) >= 11 is 0. The molecule has 0 aliphatic rings. The molecule has 0 aliphatic carbocycles. The molecule has 5 heteroatoms. The van der Waals surface area contributed by atoms with Gasteiger partial charge in [-0.1, -0.05) is 12.1 Å². The van der Waals surface area contributed by atoms with Crippen LogP contribution in [0.25, 0.3) is 0 Å². The van der Waals surface area contributed by atoms with Gasteiger partial charge in [-0.2, -0.15) is 0 Å². The lowest BCUT2D eigenvalue weighted by molar-refractivity contribution is 0.349. The largest absolute Gasteiger partial charge is 0.493 e. The van der Waals surface area contributed by atoms with Gasteiger partial charge in [0.2, 0.25) is 0 Å². The zero-order chi connectivity index (χ0) is 13.0. The molecule has 0 aliphatic heterocycles. The summed E-state index contributed by atoms with van der Waals surface area (Å²) in [7, 11) is 3.20. The molecule has 0 spiro atoms. The second-order valence-electron chi connectivity index (χ2n) is 3.74. The molecule has 96 valence electrons. The minimum Gasteiger partial charge on any atom is -0.493 e. The quantitative estimate of drug-likeness (QED) is 0.624. The van der Waals surface area contributed by atoms with Crippen molar-refractivity contribution in [3.05, 3.63) is 47.9 Å². The second kappa shape index (κ2) is 5.57. The molecule has 0 saturated heterocycles. The highest BCUT2D eigenvalue weighted by Crippen LogP contribution is 2.36. The first kappa shape index (κ1) is 12.5. The van der Waals surface area contributed by atoms with E-state index in [2.05, 4.69) is 5.43 Å². The Bertz CT molecular complexity index is 497. The molecule has 0 bridgehead atoms. The van der Waals surface area contributed by atoms with Crippen LogP contribution in [0.1, 0.15) is 17.2 Å². The molecule has 18 heavy (non-hydrogen) atoms. The van der Waals surface area contributed by atoms with Crippen LogP contribution < -0.4 is 20.7 Å². The van der Waals surface area contributed by atoms with Crippen molar-refractivity contribution in [3.8, 4) is 11.5 Å². The average molecular weight is 248 g/mol. The zero-order valence-electron chi connectivity index (χ0n) is 10.3. The second-order valence-corrected chi connectivity index (χ2v) is 3.74. The highest BCUT2D eigenvalue weighted by molar-refractivity contribution is 5.50. The molecule has 2 aromatic rings. The van der Waals surface area contributed by atoms with Crippen molar-refractivity contribution < 1.29 is 13.9 Å². The molecular weight excluding hydrogens is 232 g/mol. The molecule has 0 amide bonds. The fraction of sp³-hybridized carbons (Fsp3) is 0.231. The standard InChI is InChI=1S/C13H16N2O3/c1-16-11-5-3-4-10(13(11)17-2)12(15-14)9-6-7-18-8-9/h3-8,12,15H,14H2,1-2H3. The lowest BCUT2D eigenvalue weighted by atomic mass is 10.0. The Hall–Kier alpha value is -1.98. The summed E-state index contributed by atoms with van der Waals surface area (Å²) in [6, 6.07) is 7.29. The van der Waals surface area contributed by atoms with Crippen molar-refractivity contribution in [2.45, 2.75) is 6.04 Å². The predicted molar refractivity (Wildman–Crippen MR) is 67.4 cm³/mol. The molecule has 1 unspecified atom stereocenters. The number of nitrogens with two attached hydrogens (primary N) is 1. The number of furan rings is 1. The Morgan fingerprint density at radius 1 is 1.22 bits per heavy atom. The Balaban J connectivity index is 2.48. The van der Waals surface area contributed by atoms with Crippen molar-refractivity contribution >= 4 is 0 Å². The maximum Gasteiger partial charge on any atom is 0.165 e. The lowest BCUT2D eigenvalue weighted by Crippen LogP contribution is -2.28. The van der Waals surface area contributed by atoms with Crippen LogP contribution in [0.15, 0.2) is 41.2 Å². The minimum atomic E-state index is -0.214. The van der Waals surface area contributed by atoms with Crippen LogP contribution in [-0.2, 0) is 0 Å². The normalized spacial score (nSPS) is 12.2. The Morgan fingerprint density at radius 3 is 2.61 bits per heavy atom. The SMILES string of the molecule is COc1cccc(C(NN)c2ccoc2)c1OC. The summed E-state index contributed by atoms with van der Waals surface area (Å²) in [6.07, 6.45) is 3.25. The first-order valence-electron chi connectivity index (χ1n) is 5.51. The number of ether oxygens (including phenoxy) is 2. The van der Waals surface area contributed by atoms with Crippen molar-refractivity contribution in [2.75, 3.05) is 14.2 Å². The number of rotatable bonds is 5. The Morgan fingerprint density at radius 2 is 2.06 bits per heavy atom. The Labute approximate surface area is 105 Å². The van der Waals surface area contributed by atoms with E-state index < -0.39 is 0 Å². The number of hydrogen-bond donors (Lipinski definition) is 2. The van der Waals surface area contributed by atoms with Crippen molar-refractivity contribution in [1.82, 2.24) is 5.43 Å². The van der Waals surface area contributed by atoms with Gasteiger partial charge in [0.25, 0.3) is 0 Å². The topological polar surface area (TPSA) is 69.7 Å².